The molecule has 1 aliphatic heterocycles. The zero-order valence-corrected chi connectivity index (χ0v) is 12.4. The zero-order chi connectivity index (χ0) is 14.4. The summed E-state index contributed by atoms with van der Waals surface area (Å²) in [5.74, 6) is 0.225. The van der Waals surface area contributed by atoms with Crippen molar-refractivity contribution >= 4 is 5.91 Å². The highest BCUT2D eigenvalue weighted by Gasteiger charge is 2.27. The smallest absolute Gasteiger partial charge is 0.224 e. The SMILES string of the molecule is COC(CCN(C)Cc1ccccc1)N1CCCC1=O. The molecular formula is C16H24N2O2. The number of hydrogen-bond acceptors (Lipinski definition) is 3. The molecule has 1 aromatic carbocycles. The summed E-state index contributed by atoms with van der Waals surface area (Å²) in [6, 6.07) is 10.4. The van der Waals surface area contributed by atoms with Gasteiger partial charge in [0.05, 0.1) is 0 Å². The number of hydrogen-bond donors (Lipinski definition) is 0. The molecule has 1 amide bonds. The van der Waals surface area contributed by atoms with Crippen molar-refractivity contribution < 1.29 is 9.53 Å². The molecule has 0 saturated carbocycles. The van der Waals surface area contributed by atoms with Gasteiger partial charge in [0.15, 0.2) is 0 Å². The van der Waals surface area contributed by atoms with Gasteiger partial charge >= 0.3 is 0 Å². The first-order valence-corrected chi connectivity index (χ1v) is 7.25. The number of amides is 1. The molecule has 1 aliphatic rings. The highest BCUT2D eigenvalue weighted by atomic mass is 16.5. The van der Waals surface area contributed by atoms with Crippen LogP contribution in [0.4, 0.5) is 0 Å². The highest BCUT2D eigenvalue weighted by molar-refractivity contribution is 5.78. The molecule has 0 spiro atoms. The summed E-state index contributed by atoms with van der Waals surface area (Å²) in [5, 5.41) is 0. The van der Waals surface area contributed by atoms with E-state index in [1.54, 1.807) is 7.11 Å². The van der Waals surface area contributed by atoms with E-state index in [9.17, 15) is 4.79 Å². The van der Waals surface area contributed by atoms with Gasteiger partial charge in [-0.05, 0) is 19.0 Å². The maximum atomic E-state index is 11.7. The van der Waals surface area contributed by atoms with Crippen molar-refractivity contribution in [2.75, 3.05) is 27.2 Å². The Kier molecular flexibility index (Phi) is 5.56. The standard InChI is InChI=1S/C16H24N2O2/c1-17(13-14-7-4-3-5-8-14)12-10-16(20-2)18-11-6-9-15(18)19/h3-5,7-8,16H,6,9-13H2,1-2H3. The molecule has 1 fully saturated rings. The molecule has 1 unspecified atom stereocenters. The number of carbonyl (C=O) groups excluding carboxylic acids is 1. The van der Waals surface area contributed by atoms with Gasteiger partial charge < -0.3 is 14.5 Å². The van der Waals surface area contributed by atoms with Crippen molar-refractivity contribution in [1.29, 1.82) is 0 Å². The Bertz CT molecular complexity index is 422. The fraction of sp³-hybridized carbons (Fsp3) is 0.562. The molecule has 1 aromatic rings. The fourth-order valence-electron chi connectivity index (χ4n) is 2.68. The van der Waals surface area contributed by atoms with E-state index in [1.165, 1.54) is 5.56 Å². The summed E-state index contributed by atoms with van der Waals surface area (Å²) in [6.07, 6.45) is 2.40. The number of nitrogens with zero attached hydrogens (tertiary/aromatic N) is 2. The number of likely N-dealkylation sites (tertiary alicyclic amines) is 1. The topological polar surface area (TPSA) is 32.8 Å². The second-order valence-electron chi connectivity index (χ2n) is 5.39. The first-order chi connectivity index (χ1) is 9.70. The summed E-state index contributed by atoms with van der Waals surface area (Å²) in [7, 11) is 3.79. The summed E-state index contributed by atoms with van der Waals surface area (Å²) >= 11 is 0. The lowest BCUT2D eigenvalue weighted by Gasteiger charge is -2.28. The van der Waals surface area contributed by atoms with Crippen LogP contribution in [-0.4, -0.2) is 49.2 Å². The average Bonchev–Trinajstić information content (AvgIpc) is 2.87. The molecule has 0 aliphatic carbocycles. The zero-order valence-electron chi connectivity index (χ0n) is 12.4. The molecule has 1 atom stereocenters. The lowest BCUT2D eigenvalue weighted by molar-refractivity contribution is -0.139. The molecule has 0 aromatic heterocycles. The van der Waals surface area contributed by atoms with Gasteiger partial charge in [-0.2, -0.15) is 0 Å². The van der Waals surface area contributed by atoms with Crippen molar-refractivity contribution in [2.45, 2.75) is 32.0 Å². The molecule has 20 heavy (non-hydrogen) atoms. The Morgan fingerprint density at radius 3 is 2.70 bits per heavy atom. The van der Waals surface area contributed by atoms with Crippen LogP contribution in [0.1, 0.15) is 24.8 Å². The van der Waals surface area contributed by atoms with Crippen molar-refractivity contribution in [3.8, 4) is 0 Å². The number of rotatable bonds is 7. The second kappa shape index (κ2) is 7.41. The third-order valence-corrected chi connectivity index (χ3v) is 3.78. The molecular weight excluding hydrogens is 252 g/mol. The lowest BCUT2D eigenvalue weighted by atomic mass is 10.2. The van der Waals surface area contributed by atoms with Crippen LogP contribution >= 0.6 is 0 Å². The van der Waals surface area contributed by atoms with Crippen LogP contribution in [0.2, 0.25) is 0 Å². The van der Waals surface area contributed by atoms with Gasteiger partial charge in [0.1, 0.15) is 6.23 Å². The summed E-state index contributed by atoms with van der Waals surface area (Å²) in [4.78, 5) is 15.9. The monoisotopic (exact) mass is 276 g/mol. The molecule has 0 bridgehead atoms. The van der Waals surface area contributed by atoms with E-state index in [4.69, 9.17) is 4.74 Å². The van der Waals surface area contributed by atoms with E-state index in [1.807, 2.05) is 11.0 Å². The molecule has 0 N–H and O–H groups in total. The van der Waals surface area contributed by atoms with Crippen molar-refractivity contribution in [2.24, 2.45) is 0 Å². The number of ether oxygens (including phenoxy) is 1. The maximum Gasteiger partial charge on any atom is 0.224 e. The van der Waals surface area contributed by atoms with E-state index >= 15 is 0 Å². The van der Waals surface area contributed by atoms with Crippen LogP contribution in [0, 0.1) is 0 Å². The van der Waals surface area contributed by atoms with Crippen LogP contribution in [0.5, 0.6) is 0 Å². The molecule has 2 rings (SSSR count). The normalized spacial score (nSPS) is 16.9. The first-order valence-electron chi connectivity index (χ1n) is 7.25. The van der Waals surface area contributed by atoms with Crippen molar-refractivity contribution in [3.05, 3.63) is 35.9 Å². The number of carbonyl (C=O) groups is 1. The van der Waals surface area contributed by atoms with Gasteiger partial charge in [0, 0.05) is 39.6 Å². The van der Waals surface area contributed by atoms with Gasteiger partial charge in [-0.25, -0.2) is 0 Å². The quantitative estimate of drug-likeness (QED) is 0.764. The first kappa shape index (κ1) is 15.0. The predicted molar refractivity (Wildman–Crippen MR) is 79.1 cm³/mol. The minimum absolute atomic E-state index is 0.0803. The van der Waals surface area contributed by atoms with Crippen LogP contribution < -0.4 is 0 Å². The molecule has 0 radical (unpaired) electrons. The Labute approximate surface area is 121 Å². The molecule has 1 heterocycles. The Morgan fingerprint density at radius 1 is 1.35 bits per heavy atom. The second-order valence-corrected chi connectivity index (χ2v) is 5.39. The summed E-state index contributed by atoms with van der Waals surface area (Å²) in [5.41, 5.74) is 1.31. The van der Waals surface area contributed by atoms with Gasteiger partial charge in [-0.15, -0.1) is 0 Å². The minimum Gasteiger partial charge on any atom is -0.361 e. The molecule has 110 valence electrons. The van der Waals surface area contributed by atoms with Gasteiger partial charge in [0.25, 0.3) is 0 Å². The maximum absolute atomic E-state index is 11.7. The van der Waals surface area contributed by atoms with Gasteiger partial charge in [-0.3, -0.25) is 4.79 Å². The van der Waals surface area contributed by atoms with Crippen LogP contribution in [-0.2, 0) is 16.1 Å². The largest absolute Gasteiger partial charge is 0.361 e. The van der Waals surface area contributed by atoms with Gasteiger partial charge in [0.2, 0.25) is 5.91 Å². The Hall–Kier alpha value is -1.39. The van der Waals surface area contributed by atoms with Crippen molar-refractivity contribution in [3.63, 3.8) is 0 Å². The lowest BCUT2D eigenvalue weighted by Crippen LogP contribution is -2.39. The van der Waals surface area contributed by atoms with E-state index in [-0.39, 0.29) is 12.1 Å². The fourth-order valence-corrected chi connectivity index (χ4v) is 2.68. The van der Waals surface area contributed by atoms with E-state index < -0.39 is 0 Å². The van der Waals surface area contributed by atoms with Crippen molar-refractivity contribution in [1.82, 2.24) is 9.80 Å². The van der Waals surface area contributed by atoms with Gasteiger partial charge in [-0.1, -0.05) is 30.3 Å². The number of benzene rings is 1. The highest BCUT2D eigenvalue weighted by Crippen LogP contribution is 2.16. The third-order valence-electron chi connectivity index (χ3n) is 3.78. The molecule has 4 nitrogen and oxygen atoms in total. The van der Waals surface area contributed by atoms with E-state index in [2.05, 4.69) is 36.2 Å². The Balaban J connectivity index is 1.79. The van der Waals surface area contributed by atoms with Crippen LogP contribution in [0.3, 0.4) is 0 Å². The minimum atomic E-state index is -0.0803. The van der Waals surface area contributed by atoms with Crippen LogP contribution in [0.15, 0.2) is 30.3 Å². The molecule has 1 saturated heterocycles. The summed E-state index contributed by atoms with van der Waals surface area (Å²) < 4.78 is 5.48. The Morgan fingerprint density at radius 2 is 2.10 bits per heavy atom. The van der Waals surface area contributed by atoms with E-state index in [0.717, 1.165) is 32.5 Å². The predicted octanol–water partition coefficient (Wildman–Crippen LogP) is 2.10. The average molecular weight is 276 g/mol. The van der Waals surface area contributed by atoms with E-state index in [0.29, 0.717) is 6.42 Å². The summed E-state index contributed by atoms with van der Waals surface area (Å²) in [6.45, 7) is 2.67. The number of methoxy groups -OCH3 is 1. The third kappa shape index (κ3) is 4.05. The molecule has 4 heteroatoms. The van der Waals surface area contributed by atoms with Crippen LogP contribution in [0.25, 0.3) is 0 Å².